The number of hydrogen-bond acceptors (Lipinski definition) is 5. The highest BCUT2D eigenvalue weighted by molar-refractivity contribution is 6.17. The summed E-state index contributed by atoms with van der Waals surface area (Å²) in [5.74, 6) is -1.74. The lowest BCUT2D eigenvalue weighted by atomic mass is 9.82. The van der Waals surface area contributed by atoms with Crippen LogP contribution < -0.4 is 4.90 Å². The molecule has 1 amide bonds. The number of rotatable bonds is 3. The third kappa shape index (κ3) is 3.18. The van der Waals surface area contributed by atoms with E-state index in [-0.39, 0.29) is 22.8 Å². The fourth-order valence-electron chi connectivity index (χ4n) is 3.18. The van der Waals surface area contributed by atoms with Crippen LogP contribution in [0.25, 0.3) is 0 Å². The van der Waals surface area contributed by atoms with E-state index < -0.39 is 23.1 Å². The molecular formula is C21H22N2O4. The Morgan fingerprint density at radius 1 is 1.11 bits per heavy atom. The van der Waals surface area contributed by atoms with Crippen molar-refractivity contribution in [3.8, 4) is 5.75 Å². The summed E-state index contributed by atoms with van der Waals surface area (Å²) in [6, 6.07) is 7.38. The van der Waals surface area contributed by atoms with Gasteiger partial charge >= 0.3 is 0 Å². The van der Waals surface area contributed by atoms with Crippen LogP contribution >= 0.6 is 0 Å². The number of aromatic hydroxyl groups is 1. The van der Waals surface area contributed by atoms with Crippen LogP contribution in [0.2, 0.25) is 0 Å². The molecule has 2 N–H and O–H groups in total. The van der Waals surface area contributed by atoms with Gasteiger partial charge < -0.3 is 10.2 Å². The minimum absolute atomic E-state index is 0.0274. The van der Waals surface area contributed by atoms with Gasteiger partial charge in [0.15, 0.2) is 11.5 Å². The number of pyridine rings is 1. The van der Waals surface area contributed by atoms with Crippen LogP contribution in [0.5, 0.6) is 5.75 Å². The highest BCUT2D eigenvalue weighted by Gasteiger charge is 2.47. The molecular weight excluding hydrogens is 344 g/mol. The van der Waals surface area contributed by atoms with Gasteiger partial charge in [-0.05, 0) is 42.3 Å². The van der Waals surface area contributed by atoms with Crippen LogP contribution in [0.3, 0.4) is 0 Å². The van der Waals surface area contributed by atoms with Gasteiger partial charge in [-0.25, -0.2) is 0 Å². The first-order valence-electron chi connectivity index (χ1n) is 8.64. The number of aromatic nitrogens is 1. The Labute approximate surface area is 157 Å². The number of hydrogen-bond donors (Lipinski definition) is 2. The van der Waals surface area contributed by atoms with Gasteiger partial charge in [0, 0.05) is 17.8 Å². The smallest absolute Gasteiger partial charge is 0.294 e. The number of nitrogens with zero attached hydrogens (tertiary/aromatic N) is 2. The second-order valence-corrected chi connectivity index (χ2v) is 7.69. The average Bonchev–Trinajstić information content (AvgIpc) is 2.88. The summed E-state index contributed by atoms with van der Waals surface area (Å²) < 4.78 is 0. The van der Waals surface area contributed by atoms with Crippen molar-refractivity contribution in [1.29, 1.82) is 0 Å². The van der Waals surface area contributed by atoms with Crippen molar-refractivity contribution in [2.75, 3.05) is 4.90 Å². The van der Waals surface area contributed by atoms with Crippen molar-refractivity contribution in [3.05, 3.63) is 65.2 Å². The molecule has 2 aromatic rings. The quantitative estimate of drug-likeness (QED) is 0.866. The number of amides is 1. The third-order valence-electron chi connectivity index (χ3n) is 4.55. The second kappa shape index (κ2) is 6.54. The van der Waals surface area contributed by atoms with Crippen molar-refractivity contribution >= 4 is 17.4 Å². The molecule has 1 aliphatic rings. The molecule has 0 saturated heterocycles. The molecule has 0 bridgehead atoms. The zero-order valence-corrected chi connectivity index (χ0v) is 15.7. The van der Waals surface area contributed by atoms with Crippen LogP contribution in [-0.4, -0.2) is 26.9 Å². The van der Waals surface area contributed by atoms with E-state index in [4.69, 9.17) is 0 Å². The molecule has 140 valence electrons. The summed E-state index contributed by atoms with van der Waals surface area (Å²) in [5, 5.41) is 20.9. The Balaban J connectivity index is 2.25. The topological polar surface area (TPSA) is 90.7 Å². The lowest BCUT2D eigenvalue weighted by Crippen LogP contribution is -2.33. The van der Waals surface area contributed by atoms with Crippen molar-refractivity contribution < 1.29 is 19.8 Å². The number of aliphatic hydroxyl groups is 1. The Morgan fingerprint density at radius 3 is 2.33 bits per heavy atom. The van der Waals surface area contributed by atoms with E-state index in [1.807, 2.05) is 6.92 Å². The van der Waals surface area contributed by atoms with E-state index in [1.54, 1.807) is 57.4 Å². The largest absolute Gasteiger partial charge is 0.506 e. The standard InChI is InChI=1S/C21H22N2O4/c1-12-5-6-15(24)14(11-12)23-17(13-7-9-22-10-8-13)16(18(25)20(23)27)19(26)21(2,3)4/h5-11,17,24-25H,1-4H3. The molecule has 3 rings (SSSR count). The predicted octanol–water partition coefficient (Wildman–Crippen LogP) is 3.61. The number of carbonyl (C=O) groups excluding carboxylic acids is 2. The summed E-state index contributed by atoms with van der Waals surface area (Å²) in [6.45, 7) is 7.03. The highest BCUT2D eigenvalue weighted by atomic mass is 16.3. The van der Waals surface area contributed by atoms with Gasteiger partial charge in [-0.15, -0.1) is 0 Å². The van der Waals surface area contributed by atoms with Gasteiger partial charge in [0.1, 0.15) is 5.75 Å². The van der Waals surface area contributed by atoms with Crippen molar-refractivity contribution in [3.63, 3.8) is 0 Å². The van der Waals surface area contributed by atoms with Gasteiger partial charge in [-0.2, -0.15) is 0 Å². The Morgan fingerprint density at radius 2 is 1.74 bits per heavy atom. The zero-order chi connectivity index (χ0) is 19.9. The van der Waals surface area contributed by atoms with Crippen LogP contribution in [0.1, 0.15) is 37.9 Å². The molecule has 6 heteroatoms. The molecule has 1 aromatic carbocycles. The lowest BCUT2D eigenvalue weighted by Gasteiger charge is -2.29. The first kappa shape index (κ1) is 18.6. The van der Waals surface area contributed by atoms with Gasteiger partial charge in [-0.3, -0.25) is 19.5 Å². The van der Waals surface area contributed by atoms with Gasteiger partial charge in [0.2, 0.25) is 0 Å². The molecule has 1 aromatic heterocycles. The number of phenolic OH excluding ortho intramolecular Hbond substituents is 1. The van der Waals surface area contributed by atoms with Crippen LogP contribution in [-0.2, 0) is 9.59 Å². The third-order valence-corrected chi connectivity index (χ3v) is 4.55. The monoisotopic (exact) mass is 366 g/mol. The molecule has 0 spiro atoms. The Hall–Kier alpha value is -3.15. The second-order valence-electron chi connectivity index (χ2n) is 7.69. The van der Waals surface area contributed by atoms with E-state index in [9.17, 15) is 19.8 Å². The summed E-state index contributed by atoms with van der Waals surface area (Å²) in [7, 11) is 0. The van der Waals surface area contributed by atoms with Gasteiger partial charge in [-0.1, -0.05) is 26.8 Å². The van der Waals surface area contributed by atoms with Crippen LogP contribution in [0, 0.1) is 12.3 Å². The molecule has 1 unspecified atom stereocenters. The average molecular weight is 366 g/mol. The number of ketones is 1. The van der Waals surface area contributed by atoms with E-state index >= 15 is 0 Å². The summed E-state index contributed by atoms with van der Waals surface area (Å²) in [4.78, 5) is 31.3. The summed E-state index contributed by atoms with van der Waals surface area (Å²) in [5.41, 5.74) is 0.930. The molecule has 0 aliphatic carbocycles. The predicted molar refractivity (Wildman–Crippen MR) is 101 cm³/mol. The molecule has 1 atom stereocenters. The maximum Gasteiger partial charge on any atom is 0.294 e. The van der Waals surface area contributed by atoms with E-state index in [2.05, 4.69) is 4.98 Å². The number of Topliss-reactive ketones (excluding diaryl/α,β-unsaturated/α-hetero) is 1. The van der Waals surface area contributed by atoms with Crippen molar-refractivity contribution in [2.45, 2.75) is 33.7 Å². The van der Waals surface area contributed by atoms with Gasteiger partial charge in [0.25, 0.3) is 5.91 Å². The van der Waals surface area contributed by atoms with E-state index in [1.165, 1.54) is 11.0 Å². The molecule has 0 saturated carbocycles. The molecule has 0 fully saturated rings. The Kier molecular flexibility index (Phi) is 4.51. The SMILES string of the molecule is Cc1ccc(O)c(N2C(=O)C(O)=C(C(=O)C(C)(C)C)C2c2ccncc2)c1. The maximum absolute atomic E-state index is 13.1. The number of anilines is 1. The summed E-state index contributed by atoms with van der Waals surface area (Å²) >= 11 is 0. The minimum Gasteiger partial charge on any atom is -0.506 e. The van der Waals surface area contributed by atoms with E-state index in [0.29, 0.717) is 5.56 Å². The van der Waals surface area contributed by atoms with Gasteiger partial charge in [0.05, 0.1) is 17.3 Å². The normalized spacial score (nSPS) is 17.6. The van der Waals surface area contributed by atoms with E-state index in [0.717, 1.165) is 5.56 Å². The minimum atomic E-state index is -0.847. The molecule has 1 aliphatic heterocycles. The lowest BCUT2D eigenvalue weighted by molar-refractivity contribution is -0.123. The number of benzene rings is 1. The number of phenols is 1. The zero-order valence-electron chi connectivity index (χ0n) is 15.7. The Bertz CT molecular complexity index is 942. The van der Waals surface area contributed by atoms with Crippen LogP contribution in [0.15, 0.2) is 54.1 Å². The molecule has 2 heterocycles. The summed E-state index contributed by atoms with van der Waals surface area (Å²) in [6.07, 6.45) is 3.12. The molecule has 0 radical (unpaired) electrons. The molecule has 27 heavy (non-hydrogen) atoms. The fraction of sp³-hybridized carbons (Fsp3) is 0.286. The maximum atomic E-state index is 13.1. The number of aliphatic hydroxyl groups excluding tert-OH is 1. The fourth-order valence-corrected chi connectivity index (χ4v) is 3.18. The first-order valence-corrected chi connectivity index (χ1v) is 8.64. The molecule has 6 nitrogen and oxygen atoms in total. The van der Waals surface area contributed by atoms with Crippen molar-refractivity contribution in [2.24, 2.45) is 5.41 Å². The number of carbonyl (C=O) groups is 2. The first-order chi connectivity index (χ1) is 12.6. The highest BCUT2D eigenvalue weighted by Crippen LogP contribution is 2.45. The van der Waals surface area contributed by atoms with Crippen molar-refractivity contribution in [1.82, 2.24) is 4.98 Å². The van der Waals surface area contributed by atoms with Crippen LogP contribution in [0.4, 0.5) is 5.69 Å². The number of aryl methyl sites for hydroxylation is 1.